The number of aromatic nitrogens is 4. The largest absolute Gasteiger partial charge is 0.298 e. The maximum atomic E-state index is 12.9. The molecule has 0 radical (unpaired) electrons. The third kappa shape index (κ3) is 4.51. The fourth-order valence-electron chi connectivity index (χ4n) is 2.56. The molecule has 2 unspecified atom stereocenters. The van der Waals surface area contributed by atoms with Crippen LogP contribution >= 0.6 is 0 Å². The summed E-state index contributed by atoms with van der Waals surface area (Å²) in [7, 11) is 0. The zero-order chi connectivity index (χ0) is 19.7. The molecule has 2 rings (SSSR count). The number of hydrogen-bond donors (Lipinski definition) is 0. The van der Waals surface area contributed by atoms with Crippen molar-refractivity contribution in [3.8, 4) is 0 Å². The fraction of sp³-hybridized carbons (Fsp3) is 0.571. The van der Waals surface area contributed by atoms with Crippen molar-refractivity contribution >= 4 is 5.78 Å². The number of ketones is 1. The van der Waals surface area contributed by atoms with E-state index in [0.29, 0.717) is 11.4 Å². The standard InChI is InChI=1S/C21H30N4O/c1-13(15-9-24-17(11-22-15)20(3,4)5)19(26)14(2)16-10-25-18(12-23-16)21(6,7)8/h9-14H,1-8H3. The molecule has 0 aromatic carbocycles. The molecule has 5 nitrogen and oxygen atoms in total. The summed E-state index contributed by atoms with van der Waals surface area (Å²) >= 11 is 0. The molecule has 140 valence electrons. The molecule has 0 aliphatic rings. The SMILES string of the molecule is CC(C(=O)C(C)c1cnc(C(C)(C)C)cn1)c1cnc(C(C)(C)C)cn1. The minimum absolute atomic E-state index is 0.0591. The average molecular weight is 354 g/mol. The third-order valence-electron chi connectivity index (χ3n) is 4.62. The fourth-order valence-corrected chi connectivity index (χ4v) is 2.56. The molecule has 0 bridgehead atoms. The van der Waals surface area contributed by atoms with Crippen LogP contribution in [0.2, 0.25) is 0 Å². The summed E-state index contributed by atoms with van der Waals surface area (Å²) in [4.78, 5) is 30.8. The summed E-state index contributed by atoms with van der Waals surface area (Å²) in [6, 6.07) is 0. The number of carbonyl (C=O) groups is 1. The highest BCUT2D eigenvalue weighted by molar-refractivity contribution is 5.90. The van der Waals surface area contributed by atoms with Gasteiger partial charge in [-0.05, 0) is 13.8 Å². The van der Waals surface area contributed by atoms with Crippen molar-refractivity contribution in [2.24, 2.45) is 0 Å². The first-order chi connectivity index (χ1) is 11.9. The van der Waals surface area contributed by atoms with Gasteiger partial charge < -0.3 is 0 Å². The zero-order valence-electron chi connectivity index (χ0n) is 17.2. The number of carbonyl (C=O) groups excluding carboxylic acids is 1. The predicted molar refractivity (Wildman–Crippen MR) is 103 cm³/mol. The van der Waals surface area contributed by atoms with E-state index in [-0.39, 0.29) is 28.4 Å². The van der Waals surface area contributed by atoms with Gasteiger partial charge in [0.25, 0.3) is 0 Å². The van der Waals surface area contributed by atoms with Gasteiger partial charge in [-0.15, -0.1) is 0 Å². The van der Waals surface area contributed by atoms with Crippen LogP contribution in [0.15, 0.2) is 24.8 Å². The molecule has 0 fully saturated rings. The normalized spacial score (nSPS) is 14.8. The minimum atomic E-state index is -0.337. The number of nitrogens with zero attached hydrogens (tertiary/aromatic N) is 4. The van der Waals surface area contributed by atoms with E-state index < -0.39 is 0 Å². The molecule has 0 spiro atoms. The summed E-state index contributed by atoms with van der Waals surface area (Å²) in [5.74, 6) is -0.605. The summed E-state index contributed by atoms with van der Waals surface area (Å²) in [5, 5.41) is 0. The van der Waals surface area contributed by atoms with Crippen LogP contribution in [0.4, 0.5) is 0 Å². The van der Waals surface area contributed by atoms with Crippen LogP contribution in [-0.4, -0.2) is 25.7 Å². The van der Waals surface area contributed by atoms with Crippen molar-refractivity contribution in [1.82, 2.24) is 19.9 Å². The monoisotopic (exact) mass is 354 g/mol. The molecule has 2 aromatic heterocycles. The van der Waals surface area contributed by atoms with Gasteiger partial charge in [0.05, 0.1) is 34.6 Å². The van der Waals surface area contributed by atoms with Gasteiger partial charge in [0.1, 0.15) is 5.78 Å². The minimum Gasteiger partial charge on any atom is -0.298 e. The Bertz CT molecular complexity index is 687. The summed E-state index contributed by atoms with van der Waals surface area (Å²) in [6.45, 7) is 16.3. The van der Waals surface area contributed by atoms with Crippen molar-refractivity contribution in [2.45, 2.75) is 78.1 Å². The first-order valence-electron chi connectivity index (χ1n) is 9.10. The Morgan fingerprint density at radius 3 is 1.27 bits per heavy atom. The van der Waals surface area contributed by atoms with Crippen molar-refractivity contribution in [1.29, 1.82) is 0 Å². The van der Waals surface area contributed by atoms with Crippen LogP contribution in [0.3, 0.4) is 0 Å². The van der Waals surface area contributed by atoms with Crippen LogP contribution in [0, 0.1) is 0 Å². The lowest BCUT2D eigenvalue weighted by atomic mass is 9.89. The highest BCUT2D eigenvalue weighted by Crippen LogP contribution is 2.26. The second kappa shape index (κ2) is 7.22. The second-order valence-corrected chi connectivity index (χ2v) is 9.00. The van der Waals surface area contributed by atoms with Crippen LogP contribution in [0.25, 0.3) is 0 Å². The quantitative estimate of drug-likeness (QED) is 0.817. The van der Waals surface area contributed by atoms with Crippen LogP contribution in [0.5, 0.6) is 0 Å². The van der Waals surface area contributed by atoms with Gasteiger partial charge in [0.2, 0.25) is 0 Å². The molecule has 2 atom stereocenters. The Labute approximate surface area is 156 Å². The molecule has 0 N–H and O–H groups in total. The molecule has 0 aliphatic heterocycles. The van der Waals surface area contributed by atoms with Crippen molar-refractivity contribution in [3.05, 3.63) is 47.6 Å². The number of Topliss-reactive ketones (excluding diaryl/α,β-unsaturated/α-hetero) is 1. The molecule has 2 aromatic rings. The molecule has 5 heteroatoms. The lowest BCUT2D eigenvalue weighted by molar-refractivity contribution is -0.121. The molecule has 2 heterocycles. The van der Waals surface area contributed by atoms with Gasteiger partial charge in [-0.25, -0.2) is 0 Å². The van der Waals surface area contributed by atoms with E-state index in [0.717, 1.165) is 11.4 Å². The third-order valence-corrected chi connectivity index (χ3v) is 4.62. The van der Waals surface area contributed by atoms with E-state index in [1.165, 1.54) is 0 Å². The molecule has 26 heavy (non-hydrogen) atoms. The summed E-state index contributed by atoms with van der Waals surface area (Å²) in [5.41, 5.74) is 3.09. The lowest BCUT2D eigenvalue weighted by Crippen LogP contribution is -2.21. The van der Waals surface area contributed by atoms with Gasteiger partial charge >= 0.3 is 0 Å². The Balaban J connectivity index is 2.16. The van der Waals surface area contributed by atoms with Gasteiger partial charge in [-0.2, -0.15) is 0 Å². The summed E-state index contributed by atoms with van der Waals surface area (Å²) < 4.78 is 0. The van der Waals surface area contributed by atoms with Crippen LogP contribution < -0.4 is 0 Å². The average Bonchev–Trinajstić information content (AvgIpc) is 2.58. The van der Waals surface area contributed by atoms with E-state index in [1.54, 1.807) is 24.8 Å². The van der Waals surface area contributed by atoms with Crippen LogP contribution in [-0.2, 0) is 15.6 Å². The Hall–Kier alpha value is -2.17. The van der Waals surface area contributed by atoms with Gasteiger partial charge in [0.15, 0.2) is 0 Å². The van der Waals surface area contributed by atoms with Crippen molar-refractivity contribution in [3.63, 3.8) is 0 Å². The second-order valence-electron chi connectivity index (χ2n) is 9.00. The van der Waals surface area contributed by atoms with E-state index >= 15 is 0 Å². The molecule has 0 amide bonds. The zero-order valence-corrected chi connectivity index (χ0v) is 17.2. The molecular formula is C21H30N4O. The maximum absolute atomic E-state index is 12.9. The Morgan fingerprint density at radius 2 is 1.04 bits per heavy atom. The molecular weight excluding hydrogens is 324 g/mol. The Morgan fingerprint density at radius 1 is 0.692 bits per heavy atom. The van der Waals surface area contributed by atoms with E-state index in [9.17, 15) is 4.79 Å². The Kier molecular flexibility index (Phi) is 5.59. The summed E-state index contributed by atoms with van der Waals surface area (Å²) in [6.07, 6.45) is 6.96. The number of rotatable bonds is 4. The predicted octanol–water partition coefficient (Wildman–Crippen LogP) is 4.34. The molecule has 0 saturated heterocycles. The van der Waals surface area contributed by atoms with E-state index in [4.69, 9.17) is 0 Å². The molecule has 0 saturated carbocycles. The van der Waals surface area contributed by atoms with Crippen molar-refractivity contribution in [2.75, 3.05) is 0 Å². The first kappa shape index (κ1) is 20.1. The lowest BCUT2D eigenvalue weighted by Gasteiger charge is -2.20. The van der Waals surface area contributed by atoms with Crippen molar-refractivity contribution < 1.29 is 4.79 Å². The molecule has 0 aliphatic carbocycles. The van der Waals surface area contributed by atoms with E-state index in [1.807, 2.05) is 13.8 Å². The topological polar surface area (TPSA) is 68.6 Å². The first-order valence-corrected chi connectivity index (χ1v) is 9.10. The van der Waals surface area contributed by atoms with E-state index in [2.05, 4.69) is 61.5 Å². The van der Waals surface area contributed by atoms with Crippen LogP contribution in [0.1, 0.15) is 90.0 Å². The highest BCUT2D eigenvalue weighted by atomic mass is 16.1. The highest BCUT2D eigenvalue weighted by Gasteiger charge is 2.26. The maximum Gasteiger partial charge on any atom is 0.150 e. The van der Waals surface area contributed by atoms with Gasteiger partial charge in [0, 0.05) is 35.6 Å². The smallest absolute Gasteiger partial charge is 0.150 e. The number of hydrogen-bond acceptors (Lipinski definition) is 5. The van der Waals surface area contributed by atoms with Gasteiger partial charge in [-0.1, -0.05) is 41.5 Å². The van der Waals surface area contributed by atoms with Gasteiger partial charge in [-0.3, -0.25) is 24.7 Å².